The van der Waals surface area contributed by atoms with Gasteiger partial charge in [0, 0.05) is 30.9 Å². The number of aromatic carboxylic acids is 1. The summed E-state index contributed by atoms with van der Waals surface area (Å²) in [4.78, 5) is 26.3. The number of carboxylic acid groups (broad SMARTS) is 1. The van der Waals surface area contributed by atoms with E-state index in [9.17, 15) is 14.7 Å². The Morgan fingerprint density at radius 1 is 1.34 bits per heavy atom. The quantitative estimate of drug-likeness (QED) is 0.799. The summed E-state index contributed by atoms with van der Waals surface area (Å²) >= 11 is 0. The number of ether oxygens (including phenoxy) is 1. The summed E-state index contributed by atoms with van der Waals surface area (Å²) in [6, 6.07) is 1.26. The molecular weight excluding hydrogens is 377 g/mol. The third-order valence-corrected chi connectivity index (χ3v) is 6.72. The molecule has 1 atom stereocenters. The summed E-state index contributed by atoms with van der Waals surface area (Å²) in [5.41, 5.74) is 6.01. The summed E-state index contributed by atoms with van der Waals surface area (Å²) in [6.07, 6.45) is 6.04. The van der Waals surface area contributed by atoms with Crippen LogP contribution in [0.3, 0.4) is 0 Å². The van der Waals surface area contributed by atoms with Crippen molar-refractivity contribution in [1.29, 1.82) is 0 Å². The molecule has 3 fully saturated rings. The highest BCUT2D eigenvalue weighted by Crippen LogP contribution is 2.48. The zero-order chi connectivity index (χ0) is 20.5. The number of carboxylic acids is 1. The van der Waals surface area contributed by atoms with Crippen LogP contribution in [0.1, 0.15) is 48.5 Å². The third kappa shape index (κ3) is 2.80. The second-order valence-electron chi connectivity index (χ2n) is 8.62. The number of carbonyl (C=O) groups is 1. The second-order valence-corrected chi connectivity index (χ2v) is 8.62. The van der Waals surface area contributed by atoms with Crippen LogP contribution >= 0.6 is 0 Å². The van der Waals surface area contributed by atoms with Gasteiger partial charge in [0.2, 0.25) is 5.43 Å². The summed E-state index contributed by atoms with van der Waals surface area (Å²) < 4.78 is 22.7. The van der Waals surface area contributed by atoms with E-state index in [1.807, 2.05) is 4.90 Å². The van der Waals surface area contributed by atoms with Gasteiger partial charge < -0.3 is 25.0 Å². The van der Waals surface area contributed by atoms with E-state index in [4.69, 9.17) is 10.5 Å². The molecular formula is C21H24FN3O4. The lowest BCUT2D eigenvalue weighted by atomic mass is 9.97. The Bertz CT molecular complexity index is 1090. The van der Waals surface area contributed by atoms with Gasteiger partial charge >= 0.3 is 5.97 Å². The molecule has 0 amide bonds. The molecule has 1 saturated heterocycles. The van der Waals surface area contributed by atoms with E-state index in [-0.39, 0.29) is 22.5 Å². The zero-order valence-corrected chi connectivity index (χ0v) is 16.3. The number of halogens is 1. The highest BCUT2D eigenvalue weighted by molar-refractivity contribution is 5.97. The van der Waals surface area contributed by atoms with Crippen LogP contribution in [0.4, 0.5) is 10.1 Å². The van der Waals surface area contributed by atoms with Gasteiger partial charge in [0.15, 0.2) is 11.6 Å². The average molecular weight is 401 g/mol. The molecule has 8 heteroatoms. The molecule has 2 aliphatic carbocycles. The van der Waals surface area contributed by atoms with E-state index < -0.39 is 17.2 Å². The Hall–Kier alpha value is -2.61. The van der Waals surface area contributed by atoms with Crippen LogP contribution < -0.4 is 20.8 Å². The van der Waals surface area contributed by atoms with Crippen molar-refractivity contribution in [3.8, 4) is 5.75 Å². The number of pyridine rings is 1. The van der Waals surface area contributed by atoms with Crippen molar-refractivity contribution in [3.63, 3.8) is 0 Å². The average Bonchev–Trinajstić information content (AvgIpc) is 3.61. The van der Waals surface area contributed by atoms with Crippen molar-refractivity contribution in [2.45, 2.75) is 43.7 Å². The minimum atomic E-state index is -1.31. The maximum Gasteiger partial charge on any atom is 0.341 e. The fourth-order valence-corrected chi connectivity index (χ4v) is 4.71. The Morgan fingerprint density at radius 2 is 2.07 bits per heavy atom. The van der Waals surface area contributed by atoms with E-state index in [0.29, 0.717) is 36.0 Å². The largest absolute Gasteiger partial charge is 0.492 e. The fraction of sp³-hybridized carbons (Fsp3) is 0.524. The van der Waals surface area contributed by atoms with Crippen LogP contribution in [-0.4, -0.2) is 41.4 Å². The number of anilines is 1. The highest BCUT2D eigenvalue weighted by atomic mass is 19.1. The SMILES string of the molecule is COc1c(N2CCC(C3(N)CC3)C2)c(F)cc2c(=O)c(C(=O)O)cn(C3CC3)c12. The van der Waals surface area contributed by atoms with Crippen LogP contribution in [0, 0.1) is 11.7 Å². The summed E-state index contributed by atoms with van der Waals surface area (Å²) in [7, 11) is 1.46. The first-order valence-electron chi connectivity index (χ1n) is 10.1. The molecule has 0 spiro atoms. The maximum absolute atomic E-state index is 15.3. The Balaban J connectivity index is 1.71. The molecule has 2 aromatic rings. The van der Waals surface area contributed by atoms with Crippen LogP contribution in [-0.2, 0) is 0 Å². The second kappa shape index (κ2) is 6.19. The normalized spacial score (nSPS) is 22.9. The molecule has 2 saturated carbocycles. The number of methoxy groups -OCH3 is 1. The van der Waals surface area contributed by atoms with Crippen LogP contribution in [0.15, 0.2) is 17.1 Å². The monoisotopic (exact) mass is 401 g/mol. The number of rotatable bonds is 5. The molecule has 7 nitrogen and oxygen atoms in total. The number of aromatic nitrogens is 1. The van der Waals surface area contributed by atoms with Crippen molar-refractivity contribution in [1.82, 2.24) is 4.57 Å². The number of nitrogens with two attached hydrogens (primary N) is 1. The minimum absolute atomic E-state index is 0.0446. The standard InChI is InChI=1S/C21H24FN3O4/c1-29-19-16-13(18(26)14(20(27)28)10-25(16)12-2-3-12)8-15(22)17(19)24-7-4-11(9-24)21(23)5-6-21/h8,10-12H,2-7,9,23H2,1H3,(H,27,28). The molecule has 154 valence electrons. The molecule has 1 aliphatic heterocycles. The molecule has 0 radical (unpaired) electrons. The predicted octanol–water partition coefficient (Wildman–Crippen LogP) is 2.50. The van der Waals surface area contributed by atoms with Gasteiger partial charge in [-0.25, -0.2) is 9.18 Å². The number of nitrogens with zero attached hydrogens (tertiary/aromatic N) is 2. The Kier molecular flexibility index (Phi) is 3.93. The molecule has 5 rings (SSSR count). The lowest BCUT2D eigenvalue weighted by molar-refractivity contribution is 0.0695. The molecule has 1 aromatic heterocycles. The van der Waals surface area contributed by atoms with Gasteiger partial charge in [0.05, 0.1) is 18.0 Å². The predicted molar refractivity (Wildman–Crippen MR) is 106 cm³/mol. The lowest BCUT2D eigenvalue weighted by Gasteiger charge is -2.25. The van der Waals surface area contributed by atoms with E-state index in [1.54, 1.807) is 4.57 Å². The van der Waals surface area contributed by atoms with Crippen molar-refractivity contribution in [2.24, 2.45) is 11.7 Å². The number of hydrogen-bond donors (Lipinski definition) is 2. The number of hydrogen-bond acceptors (Lipinski definition) is 5. The van der Waals surface area contributed by atoms with Crippen molar-refractivity contribution < 1.29 is 19.0 Å². The molecule has 3 aliphatic rings. The summed E-state index contributed by atoms with van der Waals surface area (Å²) in [5.74, 6) is -1.28. The molecule has 0 bridgehead atoms. The van der Waals surface area contributed by atoms with Crippen LogP contribution in [0.5, 0.6) is 5.75 Å². The minimum Gasteiger partial charge on any atom is -0.492 e. The molecule has 1 aromatic carbocycles. The first-order chi connectivity index (χ1) is 13.8. The summed E-state index contributed by atoms with van der Waals surface area (Å²) in [6.45, 7) is 1.32. The smallest absolute Gasteiger partial charge is 0.341 e. The summed E-state index contributed by atoms with van der Waals surface area (Å²) in [5, 5.41) is 9.47. The number of benzene rings is 1. The van der Waals surface area contributed by atoms with Gasteiger partial charge in [-0.1, -0.05) is 0 Å². The Morgan fingerprint density at radius 3 is 2.66 bits per heavy atom. The van der Waals surface area contributed by atoms with E-state index >= 15 is 4.39 Å². The van der Waals surface area contributed by atoms with Gasteiger partial charge in [-0.15, -0.1) is 0 Å². The van der Waals surface area contributed by atoms with Gasteiger partial charge in [-0.2, -0.15) is 0 Å². The van der Waals surface area contributed by atoms with E-state index in [2.05, 4.69) is 0 Å². The van der Waals surface area contributed by atoms with Crippen LogP contribution in [0.25, 0.3) is 10.9 Å². The first-order valence-corrected chi connectivity index (χ1v) is 10.1. The van der Waals surface area contributed by atoms with Gasteiger partial charge in [-0.05, 0) is 44.1 Å². The van der Waals surface area contributed by atoms with E-state index in [1.165, 1.54) is 19.4 Å². The first kappa shape index (κ1) is 18.4. The van der Waals surface area contributed by atoms with Crippen molar-refractivity contribution >= 4 is 22.6 Å². The zero-order valence-electron chi connectivity index (χ0n) is 16.3. The topological polar surface area (TPSA) is 97.8 Å². The maximum atomic E-state index is 15.3. The molecule has 2 heterocycles. The van der Waals surface area contributed by atoms with E-state index in [0.717, 1.165) is 32.1 Å². The third-order valence-electron chi connectivity index (χ3n) is 6.72. The molecule has 29 heavy (non-hydrogen) atoms. The fourth-order valence-electron chi connectivity index (χ4n) is 4.71. The van der Waals surface area contributed by atoms with Gasteiger partial charge in [0.1, 0.15) is 11.3 Å². The van der Waals surface area contributed by atoms with Crippen molar-refractivity contribution in [3.05, 3.63) is 33.9 Å². The van der Waals surface area contributed by atoms with Crippen molar-refractivity contribution in [2.75, 3.05) is 25.1 Å². The highest BCUT2D eigenvalue weighted by Gasteiger charge is 2.48. The van der Waals surface area contributed by atoms with Crippen LogP contribution in [0.2, 0.25) is 0 Å². The number of fused-ring (bicyclic) bond motifs is 1. The molecule has 1 unspecified atom stereocenters. The molecule has 3 N–H and O–H groups in total. The van der Waals surface area contributed by atoms with Gasteiger partial charge in [0.25, 0.3) is 0 Å². The van der Waals surface area contributed by atoms with Gasteiger partial charge in [-0.3, -0.25) is 4.79 Å². The Labute approximate surface area is 166 Å². The lowest BCUT2D eigenvalue weighted by Crippen LogP contribution is -2.34.